The van der Waals surface area contributed by atoms with Crippen molar-refractivity contribution in [2.45, 2.75) is 84.1 Å². The second-order valence-corrected chi connectivity index (χ2v) is 14.5. The smallest absolute Gasteiger partial charge is 0.305 e. The van der Waals surface area contributed by atoms with E-state index in [9.17, 15) is 4.79 Å². The van der Waals surface area contributed by atoms with Gasteiger partial charge in [-0.05, 0) is 21.8 Å². The van der Waals surface area contributed by atoms with E-state index in [4.69, 9.17) is 13.9 Å². The third-order valence-electron chi connectivity index (χ3n) is 6.44. The summed E-state index contributed by atoms with van der Waals surface area (Å²) in [5.74, 6) is -0.120. The molecule has 0 spiro atoms. The molecule has 0 heterocycles. The summed E-state index contributed by atoms with van der Waals surface area (Å²) in [5, 5.41) is 2.47. The van der Waals surface area contributed by atoms with Crippen molar-refractivity contribution in [3.05, 3.63) is 60.7 Å². The molecule has 2 aromatic rings. The van der Waals surface area contributed by atoms with Crippen LogP contribution in [0.2, 0.25) is 5.04 Å². The van der Waals surface area contributed by atoms with Gasteiger partial charge in [0.25, 0.3) is 8.32 Å². The minimum absolute atomic E-state index is 0.0543. The molecule has 0 fully saturated rings. The molecule has 2 rings (SSSR count). The molecule has 0 N–H and O–H groups in total. The molecule has 4 nitrogen and oxygen atoms in total. The average molecular weight is 499 g/mol. The SMILES string of the molecule is CCCCCCCCCC(=O)OCCOCCO[Si](c1ccccc1)(c1ccccc1)C(C)(C)C. The summed E-state index contributed by atoms with van der Waals surface area (Å²) < 4.78 is 17.9. The first-order chi connectivity index (χ1) is 16.9. The fourth-order valence-corrected chi connectivity index (χ4v) is 9.18. The van der Waals surface area contributed by atoms with E-state index >= 15 is 0 Å². The number of carbonyl (C=O) groups excluding carboxylic acids is 1. The second-order valence-electron chi connectivity index (χ2n) is 10.2. The lowest BCUT2D eigenvalue weighted by Gasteiger charge is -2.43. The maximum atomic E-state index is 11.9. The number of rotatable bonds is 17. The molecule has 0 bridgehead atoms. The van der Waals surface area contributed by atoms with E-state index in [0.29, 0.717) is 32.8 Å². The van der Waals surface area contributed by atoms with E-state index < -0.39 is 8.32 Å². The number of esters is 1. The molecule has 2 aromatic carbocycles. The normalized spacial score (nSPS) is 12.0. The van der Waals surface area contributed by atoms with Crippen LogP contribution in [-0.4, -0.2) is 40.7 Å². The summed E-state index contributed by atoms with van der Waals surface area (Å²) in [4.78, 5) is 11.9. The fraction of sp³-hybridized carbons (Fsp3) is 0.567. The van der Waals surface area contributed by atoms with Gasteiger partial charge in [0.1, 0.15) is 6.61 Å². The summed E-state index contributed by atoms with van der Waals surface area (Å²) in [7, 11) is -2.53. The Morgan fingerprint density at radius 3 is 1.77 bits per heavy atom. The Morgan fingerprint density at radius 1 is 0.714 bits per heavy atom. The second kappa shape index (κ2) is 15.9. The molecule has 0 amide bonds. The van der Waals surface area contributed by atoms with E-state index in [-0.39, 0.29) is 11.0 Å². The van der Waals surface area contributed by atoms with Crippen LogP contribution in [0.25, 0.3) is 0 Å². The molecule has 0 saturated carbocycles. The van der Waals surface area contributed by atoms with Crippen LogP contribution < -0.4 is 10.4 Å². The Bertz CT molecular complexity index is 778. The molecular formula is C30H46O4Si. The Morgan fingerprint density at radius 2 is 1.23 bits per heavy atom. The minimum atomic E-state index is -2.53. The third-order valence-corrected chi connectivity index (χ3v) is 11.5. The lowest BCUT2D eigenvalue weighted by Crippen LogP contribution is -2.66. The highest BCUT2D eigenvalue weighted by molar-refractivity contribution is 6.99. The lowest BCUT2D eigenvalue weighted by atomic mass is 10.1. The molecule has 0 atom stereocenters. The van der Waals surface area contributed by atoms with Gasteiger partial charge in [0.15, 0.2) is 0 Å². The quantitative estimate of drug-likeness (QED) is 0.147. The maximum Gasteiger partial charge on any atom is 0.305 e. The minimum Gasteiger partial charge on any atom is -0.463 e. The van der Waals surface area contributed by atoms with Crippen LogP contribution in [0.5, 0.6) is 0 Å². The lowest BCUT2D eigenvalue weighted by molar-refractivity contribution is -0.145. The molecule has 0 aliphatic carbocycles. The Kier molecular flexibility index (Phi) is 13.3. The van der Waals surface area contributed by atoms with Gasteiger partial charge in [0.05, 0.1) is 19.8 Å². The van der Waals surface area contributed by atoms with Crippen LogP contribution in [0, 0.1) is 0 Å². The van der Waals surface area contributed by atoms with Crippen LogP contribution in [0.4, 0.5) is 0 Å². The monoisotopic (exact) mass is 498 g/mol. The summed E-state index contributed by atoms with van der Waals surface area (Å²) in [6.07, 6.45) is 8.88. The Hall–Kier alpha value is -1.95. The van der Waals surface area contributed by atoms with E-state index in [1.54, 1.807) is 0 Å². The first-order valence-electron chi connectivity index (χ1n) is 13.4. The van der Waals surface area contributed by atoms with Gasteiger partial charge in [-0.25, -0.2) is 0 Å². The summed E-state index contributed by atoms with van der Waals surface area (Å²) in [6.45, 7) is 10.7. The first-order valence-corrected chi connectivity index (χ1v) is 15.3. The van der Waals surface area contributed by atoms with Crippen molar-refractivity contribution in [3.8, 4) is 0 Å². The van der Waals surface area contributed by atoms with Crippen molar-refractivity contribution in [1.29, 1.82) is 0 Å². The molecular weight excluding hydrogens is 452 g/mol. The van der Waals surface area contributed by atoms with E-state index in [0.717, 1.165) is 12.8 Å². The van der Waals surface area contributed by atoms with E-state index in [1.807, 2.05) is 12.1 Å². The predicted molar refractivity (Wildman–Crippen MR) is 148 cm³/mol. The number of carbonyl (C=O) groups is 1. The summed E-state index contributed by atoms with van der Waals surface area (Å²) >= 11 is 0. The van der Waals surface area contributed by atoms with Crippen molar-refractivity contribution >= 4 is 24.7 Å². The van der Waals surface area contributed by atoms with Crippen molar-refractivity contribution < 1.29 is 18.7 Å². The number of hydrogen-bond donors (Lipinski definition) is 0. The van der Waals surface area contributed by atoms with Gasteiger partial charge in [0.2, 0.25) is 0 Å². The summed E-state index contributed by atoms with van der Waals surface area (Å²) in [5.41, 5.74) is 0. The highest BCUT2D eigenvalue weighted by atomic mass is 28.4. The highest BCUT2D eigenvalue weighted by Gasteiger charge is 2.49. The van der Waals surface area contributed by atoms with Gasteiger partial charge in [-0.3, -0.25) is 4.79 Å². The zero-order valence-corrected chi connectivity index (χ0v) is 23.4. The molecule has 0 radical (unpaired) electrons. The summed E-state index contributed by atoms with van der Waals surface area (Å²) in [6, 6.07) is 21.2. The number of benzene rings is 2. The third kappa shape index (κ3) is 9.55. The largest absolute Gasteiger partial charge is 0.463 e. The van der Waals surface area contributed by atoms with Crippen LogP contribution in [0.1, 0.15) is 79.1 Å². The van der Waals surface area contributed by atoms with Gasteiger partial charge < -0.3 is 13.9 Å². The molecule has 0 aromatic heterocycles. The fourth-order valence-electron chi connectivity index (χ4n) is 4.63. The standard InChI is InChI=1S/C30H46O4Si/c1-5-6-7-8-9-10-17-22-29(31)33-25-23-32-24-26-34-35(30(2,3)4,27-18-13-11-14-19-27)28-20-15-12-16-21-28/h11-16,18-21H,5-10,17,22-26H2,1-4H3. The molecule has 0 saturated heterocycles. The van der Waals surface area contributed by atoms with Crippen LogP contribution >= 0.6 is 0 Å². The number of hydrogen-bond acceptors (Lipinski definition) is 4. The Labute approximate surface area is 214 Å². The van der Waals surface area contributed by atoms with Crippen molar-refractivity contribution in [2.24, 2.45) is 0 Å². The first kappa shape index (κ1) is 29.3. The van der Waals surface area contributed by atoms with Gasteiger partial charge in [-0.1, -0.05) is 127 Å². The number of unbranched alkanes of at least 4 members (excludes halogenated alkanes) is 6. The van der Waals surface area contributed by atoms with Crippen LogP contribution in [-0.2, 0) is 18.7 Å². The zero-order valence-electron chi connectivity index (χ0n) is 22.4. The van der Waals surface area contributed by atoms with Crippen molar-refractivity contribution in [1.82, 2.24) is 0 Å². The Balaban J connectivity index is 1.77. The van der Waals surface area contributed by atoms with Crippen LogP contribution in [0.3, 0.4) is 0 Å². The van der Waals surface area contributed by atoms with Crippen molar-refractivity contribution in [3.63, 3.8) is 0 Å². The van der Waals surface area contributed by atoms with E-state index in [1.165, 1.54) is 42.5 Å². The average Bonchev–Trinajstić information content (AvgIpc) is 2.85. The molecule has 0 unspecified atom stereocenters. The molecule has 0 aliphatic rings. The van der Waals surface area contributed by atoms with E-state index in [2.05, 4.69) is 76.2 Å². The maximum absolute atomic E-state index is 11.9. The van der Waals surface area contributed by atoms with Gasteiger partial charge >= 0.3 is 5.97 Å². The molecule has 0 aliphatic heterocycles. The van der Waals surface area contributed by atoms with Gasteiger partial charge in [0, 0.05) is 6.42 Å². The van der Waals surface area contributed by atoms with Crippen molar-refractivity contribution in [2.75, 3.05) is 26.4 Å². The topological polar surface area (TPSA) is 44.8 Å². The molecule has 194 valence electrons. The number of ether oxygens (including phenoxy) is 2. The zero-order chi connectivity index (χ0) is 25.4. The van der Waals surface area contributed by atoms with Gasteiger partial charge in [-0.2, -0.15) is 0 Å². The predicted octanol–water partition coefficient (Wildman–Crippen LogP) is 6.26. The molecule has 5 heteroatoms. The highest BCUT2D eigenvalue weighted by Crippen LogP contribution is 2.36. The van der Waals surface area contributed by atoms with Crippen LogP contribution in [0.15, 0.2) is 60.7 Å². The molecule has 35 heavy (non-hydrogen) atoms. The van der Waals surface area contributed by atoms with Gasteiger partial charge in [-0.15, -0.1) is 0 Å².